The fraction of sp³-hybridized carbons (Fsp3) is 0.571. The van der Waals surface area contributed by atoms with Gasteiger partial charge in [-0.2, -0.15) is 0 Å². The highest BCUT2D eigenvalue weighted by atomic mass is 19.1. The van der Waals surface area contributed by atoms with E-state index in [1.807, 2.05) is 6.92 Å². The molecule has 0 bridgehead atoms. The van der Waals surface area contributed by atoms with Gasteiger partial charge in [0.25, 0.3) is 0 Å². The van der Waals surface area contributed by atoms with Gasteiger partial charge in [0, 0.05) is 13.2 Å². The Morgan fingerprint density at radius 2 is 2.22 bits per heavy atom. The molecule has 0 heterocycles. The van der Waals surface area contributed by atoms with Gasteiger partial charge in [-0.3, -0.25) is 11.3 Å². The van der Waals surface area contributed by atoms with Crippen LogP contribution in [0, 0.1) is 12.7 Å². The van der Waals surface area contributed by atoms with Crippen molar-refractivity contribution in [3.8, 4) is 0 Å². The second-order valence-electron chi connectivity index (χ2n) is 5.16. The Balaban J connectivity index is 2.20. The van der Waals surface area contributed by atoms with Crippen LogP contribution in [0.3, 0.4) is 0 Å². The van der Waals surface area contributed by atoms with E-state index in [9.17, 15) is 4.39 Å². The van der Waals surface area contributed by atoms with Crippen LogP contribution in [0.2, 0.25) is 0 Å². The number of rotatable bonds is 5. The minimum Gasteiger partial charge on any atom is -0.378 e. The van der Waals surface area contributed by atoms with Crippen molar-refractivity contribution in [2.45, 2.75) is 44.2 Å². The minimum absolute atomic E-state index is 0.0686. The number of hydrogen-bond donors (Lipinski definition) is 2. The van der Waals surface area contributed by atoms with E-state index in [0.29, 0.717) is 0 Å². The van der Waals surface area contributed by atoms with E-state index in [-0.39, 0.29) is 17.5 Å². The van der Waals surface area contributed by atoms with Crippen molar-refractivity contribution in [3.63, 3.8) is 0 Å². The highest BCUT2D eigenvalue weighted by Crippen LogP contribution is 2.42. The summed E-state index contributed by atoms with van der Waals surface area (Å²) in [5.74, 6) is 5.41. The van der Waals surface area contributed by atoms with E-state index < -0.39 is 0 Å². The number of nitrogens with one attached hydrogen (secondary N) is 1. The molecule has 0 spiro atoms. The van der Waals surface area contributed by atoms with Crippen LogP contribution in [0.1, 0.15) is 42.9 Å². The highest BCUT2D eigenvalue weighted by Gasteiger charge is 2.39. The van der Waals surface area contributed by atoms with E-state index in [1.54, 1.807) is 19.2 Å². The van der Waals surface area contributed by atoms with Gasteiger partial charge in [-0.15, -0.1) is 0 Å². The molecular weight excluding hydrogens is 231 g/mol. The molecule has 1 aromatic rings. The van der Waals surface area contributed by atoms with Crippen molar-refractivity contribution in [3.05, 3.63) is 35.1 Å². The Morgan fingerprint density at radius 3 is 2.72 bits per heavy atom. The molecule has 1 saturated carbocycles. The fourth-order valence-electron chi connectivity index (χ4n) is 2.68. The lowest BCUT2D eigenvalue weighted by Crippen LogP contribution is -2.44. The van der Waals surface area contributed by atoms with Crippen LogP contribution >= 0.6 is 0 Å². The van der Waals surface area contributed by atoms with E-state index in [2.05, 4.69) is 5.43 Å². The second kappa shape index (κ2) is 5.34. The molecule has 0 amide bonds. The molecule has 1 atom stereocenters. The number of hydrogen-bond acceptors (Lipinski definition) is 3. The quantitative estimate of drug-likeness (QED) is 0.625. The summed E-state index contributed by atoms with van der Waals surface area (Å²) in [4.78, 5) is 0. The molecule has 0 aliphatic heterocycles. The van der Waals surface area contributed by atoms with E-state index in [1.165, 1.54) is 12.5 Å². The first-order chi connectivity index (χ1) is 8.60. The molecule has 2 rings (SSSR count). The first kappa shape index (κ1) is 13.5. The Kier molecular flexibility index (Phi) is 4.00. The summed E-state index contributed by atoms with van der Waals surface area (Å²) in [7, 11) is 1.74. The normalized spacial score (nSPS) is 19.3. The number of methoxy groups -OCH3 is 1. The first-order valence-electron chi connectivity index (χ1n) is 6.37. The maximum Gasteiger partial charge on any atom is 0.123 e. The lowest BCUT2D eigenvalue weighted by Gasteiger charge is -2.43. The average molecular weight is 252 g/mol. The summed E-state index contributed by atoms with van der Waals surface area (Å²) in [6.45, 7) is 1.97. The number of aryl methyl sites for hydroxylation is 1. The Hall–Kier alpha value is -0.970. The van der Waals surface area contributed by atoms with Gasteiger partial charge >= 0.3 is 0 Å². The van der Waals surface area contributed by atoms with Crippen LogP contribution in [0.25, 0.3) is 0 Å². The van der Waals surface area contributed by atoms with Crippen molar-refractivity contribution in [1.29, 1.82) is 0 Å². The van der Waals surface area contributed by atoms with Crippen molar-refractivity contribution >= 4 is 0 Å². The third-order valence-electron chi connectivity index (χ3n) is 4.09. The molecule has 1 aromatic carbocycles. The number of benzene rings is 1. The molecular formula is C14H21FN2O. The smallest absolute Gasteiger partial charge is 0.123 e. The topological polar surface area (TPSA) is 47.3 Å². The molecule has 0 radical (unpaired) electrons. The van der Waals surface area contributed by atoms with Gasteiger partial charge in [-0.05, 0) is 55.9 Å². The van der Waals surface area contributed by atoms with Gasteiger partial charge in [0.05, 0.1) is 5.60 Å². The summed E-state index contributed by atoms with van der Waals surface area (Å²) in [5, 5.41) is 0. The van der Waals surface area contributed by atoms with Crippen LogP contribution in [0.4, 0.5) is 4.39 Å². The third kappa shape index (κ3) is 2.55. The summed E-state index contributed by atoms with van der Waals surface area (Å²) in [5.41, 5.74) is 4.67. The summed E-state index contributed by atoms with van der Waals surface area (Å²) >= 11 is 0. The molecule has 1 fully saturated rings. The third-order valence-corrected chi connectivity index (χ3v) is 4.09. The fourth-order valence-corrected chi connectivity index (χ4v) is 2.68. The molecule has 0 saturated heterocycles. The van der Waals surface area contributed by atoms with Crippen LogP contribution < -0.4 is 11.3 Å². The van der Waals surface area contributed by atoms with Gasteiger partial charge < -0.3 is 4.74 Å². The molecule has 3 N–H and O–H groups in total. The van der Waals surface area contributed by atoms with Gasteiger partial charge in [0.15, 0.2) is 0 Å². The van der Waals surface area contributed by atoms with Crippen molar-refractivity contribution < 1.29 is 9.13 Å². The predicted octanol–water partition coefficient (Wildman–Crippen LogP) is 2.60. The van der Waals surface area contributed by atoms with Crippen LogP contribution in [0.5, 0.6) is 0 Å². The molecule has 1 aliphatic rings. The largest absolute Gasteiger partial charge is 0.378 e. The molecule has 1 unspecified atom stereocenters. The number of halogens is 1. The minimum atomic E-state index is -0.226. The van der Waals surface area contributed by atoms with E-state index in [0.717, 1.165) is 30.4 Å². The van der Waals surface area contributed by atoms with Gasteiger partial charge in [-0.25, -0.2) is 4.39 Å². The standard InChI is InChI=1S/C14H21FN2O/c1-10-4-5-11(15)8-12(10)13(17-16)9-14(18-2)6-3-7-14/h4-5,8,13,17H,3,6-7,9,16H2,1-2H3. The van der Waals surface area contributed by atoms with E-state index >= 15 is 0 Å². The zero-order valence-corrected chi connectivity index (χ0v) is 11.0. The molecule has 4 heteroatoms. The Labute approximate surface area is 107 Å². The SMILES string of the molecule is COC1(CC(NN)c2cc(F)ccc2C)CCC1. The van der Waals surface area contributed by atoms with Crippen LogP contribution in [-0.4, -0.2) is 12.7 Å². The molecule has 100 valence electrons. The number of nitrogens with two attached hydrogens (primary N) is 1. The number of ether oxygens (including phenoxy) is 1. The molecule has 0 aromatic heterocycles. The average Bonchev–Trinajstić information content (AvgIpc) is 2.32. The maximum absolute atomic E-state index is 13.4. The Morgan fingerprint density at radius 1 is 1.50 bits per heavy atom. The Bertz CT molecular complexity index is 413. The molecule has 3 nitrogen and oxygen atoms in total. The first-order valence-corrected chi connectivity index (χ1v) is 6.37. The van der Waals surface area contributed by atoms with Crippen molar-refractivity contribution in [1.82, 2.24) is 5.43 Å². The number of hydrazine groups is 1. The zero-order valence-electron chi connectivity index (χ0n) is 11.0. The predicted molar refractivity (Wildman–Crippen MR) is 69.4 cm³/mol. The maximum atomic E-state index is 13.4. The molecule has 1 aliphatic carbocycles. The van der Waals surface area contributed by atoms with Gasteiger partial charge in [-0.1, -0.05) is 6.07 Å². The van der Waals surface area contributed by atoms with Gasteiger partial charge in [0.1, 0.15) is 5.82 Å². The zero-order chi connectivity index (χ0) is 13.2. The lowest BCUT2D eigenvalue weighted by atomic mass is 9.74. The van der Waals surface area contributed by atoms with E-state index in [4.69, 9.17) is 10.6 Å². The van der Waals surface area contributed by atoms with Crippen LogP contribution in [0.15, 0.2) is 18.2 Å². The summed E-state index contributed by atoms with van der Waals surface area (Å²) < 4.78 is 19.0. The highest BCUT2D eigenvalue weighted by molar-refractivity contribution is 5.30. The van der Waals surface area contributed by atoms with Crippen LogP contribution in [-0.2, 0) is 4.74 Å². The van der Waals surface area contributed by atoms with Crippen molar-refractivity contribution in [2.24, 2.45) is 5.84 Å². The second-order valence-corrected chi connectivity index (χ2v) is 5.16. The lowest BCUT2D eigenvalue weighted by molar-refractivity contribution is -0.0839. The van der Waals surface area contributed by atoms with Crippen molar-refractivity contribution in [2.75, 3.05) is 7.11 Å². The summed E-state index contributed by atoms with van der Waals surface area (Å²) in [6, 6.07) is 4.75. The monoisotopic (exact) mass is 252 g/mol. The summed E-state index contributed by atoms with van der Waals surface area (Å²) in [6.07, 6.45) is 4.07. The van der Waals surface area contributed by atoms with Gasteiger partial charge in [0.2, 0.25) is 0 Å². The molecule has 18 heavy (non-hydrogen) atoms.